The molecule has 202 valence electrons. The highest BCUT2D eigenvalue weighted by Gasteiger charge is 2.54. The second-order valence-corrected chi connectivity index (χ2v) is 12.5. The van der Waals surface area contributed by atoms with Gasteiger partial charge in [0.15, 0.2) is 10.8 Å². The van der Waals surface area contributed by atoms with Crippen molar-refractivity contribution in [1.82, 2.24) is 30.6 Å². The maximum absolute atomic E-state index is 13.1. The van der Waals surface area contributed by atoms with Crippen LogP contribution in [-0.2, 0) is 24.0 Å². The first-order valence-electron chi connectivity index (χ1n) is 10.5. The lowest BCUT2D eigenvalue weighted by molar-refractivity contribution is -0.161. The van der Waals surface area contributed by atoms with Crippen molar-refractivity contribution in [3.05, 3.63) is 27.9 Å². The van der Waals surface area contributed by atoms with Crippen molar-refractivity contribution in [2.45, 2.75) is 35.9 Å². The van der Waals surface area contributed by atoms with Gasteiger partial charge in [0.1, 0.15) is 27.8 Å². The minimum Gasteiger partial charge on any atom is -0.478 e. The molecule has 2 aromatic heterocycles. The van der Waals surface area contributed by atoms with E-state index in [2.05, 4.69) is 30.9 Å². The Kier molecular flexibility index (Phi) is 8.19. The molecule has 2 aliphatic rings. The molecule has 0 aliphatic carbocycles. The number of amides is 2. The van der Waals surface area contributed by atoms with Gasteiger partial charge in [-0.25, -0.2) is 14.6 Å². The molecule has 6 N–H and O–H groups in total. The van der Waals surface area contributed by atoms with Crippen molar-refractivity contribution >= 4 is 81.2 Å². The van der Waals surface area contributed by atoms with Crippen LogP contribution in [0.2, 0.25) is 0 Å². The number of aromatic amines is 1. The van der Waals surface area contributed by atoms with Crippen molar-refractivity contribution < 1.29 is 34.2 Å². The standard InChI is InChI=1S/C19H20N8O7S4/c1-19(2,17(32)33)34-25-10(7-4-36-18(20)22-7)13(28)23-11-14(29)27-12(16(30)31)8(5-35-15(11)27)37-6-38-9-3-21-26-24-9/h3-4,11,15H,5-6H2,1-2H3,(H2,20,22)(H,23,28)(H,30,31)(H,32,33)(H,21,24,26)/b25-10-/t11-,15+/m1/s1. The summed E-state index contributed by atoms with van der Waals surface area (Å²) >= 11 is 4.97. The van der Waals surface area contributed by atoms with Gasteiger partial charge in [-0.05, 0) is 13.8 Å². The fourth-order valence-electron chi connectivity index (χ4n) is 3.13. The van der Waals surface area contributed by atoms with Crippen LogP contribution in [0, 0.1) is 0 Å². The highest BCUT2D eigenvalue weighted by Crippen LogP contribution is 2.44. The number of nitrogens with zero attached hydrogens (tertiary/aromatic N) is 5. The summed E-state index contributed by atoms with van der Waals surface area (Å²) in [6.07, 6.45) is 1.61. The number of carbonyl (C=O) groups excluding carboxylic acids is 2. The van der Waals surface area contributed by atoms with Gasteiger partial charge in [0, 0.05) is 16.0 Å². The van der Waals surface area contributed by atoms with Gasteiger partial charge in [-0.1, -0.05) is 22.1 Å². The number of carbonyl (C=O) groups is 4. The first-order chi connectivity index (χ1) is 18.0. The number of thiazole rings is 1. The second kappa shape index (κ2) is 11.2. The summed E-state index contributed by atoms with van der Waals surface area (Å²) in [5.74, 6) is -3.74. The molecule has 0 unspecified atom stereocenters. The van der Waals surface area contributed by atoms with Gasteiger partial charge >= 0.3 is 11.9 Å². The molecule has 2 amide bonds. The minimum absolute atomic E-state index is 0.0283. The van der Waals surface area contributed by atoms with Crippen LogP contribution in [0.25, 0.3) is 0 Å². The van der Waals surface area contributed by atoms with E-state index in [9.17, 15) is 29.4 Å². The van der Waals surface area contributed by atoms with E-state index < -0.39 is 40.8 Å². The number of nitrogen functional groups attached to an aromatic ring is 1. The Morgan fingerprint density at radius 3 is 2.74 bits per heavy atom. The van der Waals surface area contributed by atoms with Crippen LogP contribution < -0.4 is 11.1 Å². The first kappa shape index (κ1) is 27.7. The molecular weight excluding hydrogens is 581 g/mol. The Bertz CT molecular complexity index is 1330. The highest BCUT2D eigenvalue weighted by molar-refractivity contribution is 8.18. The van der Waals surface area contributed by atoms with Crippen LogP contribution in [0.3, 0.4) is 0 Å². The molecule has 1 fully saturated rings. The summed E-state index contributed by atoms with van der Waals surface area (Å²) in [6.45, 7) is 2.49. The summed E-state index contributed by atoms with van der Waals surface area (Å²) < 4.78 is 0. The monoisotopic (exact) mass is 600 g/mol. The molecule has 1 saturated heterocycles. The third-order valence-electron chi connectivity index (χ3n) is 5.12. The average Bonchev–Trinajstić information content (AvgIpc) is 3.54. The zero-order valence-electron chi connectivity index (χ0n) is 19.6. The molecule has 0 aromatic carbocycles. The molecule has 0 radical (unpaired) electrons. The maximum Gasteiger partial charge on any atom is 0.353 e. The summed E-state index contributed by atoms with van der Waals surface area (Å²) in [7, 11) is 0. The smallest absolute Gasteiger partial charge is 0.353 e. The van der Waals surface area contributed by atoms with Crippen LogP contribution in [0.5, 0.6) is 0 Å². The van der Waals surface area contributed by atoms with Gasteiger partial charge in [0.2, 0.25) is 5.60 Å². The van der Waals surface area contributed by atoms with E-state index in [0.29, 0.717) is 20.8 Å². The summed E-state index contributed by atoms with van der Waals surface area (Å²) in [5, 5.41) is 37.4. The number of rotatable bonds is 11. The Morgan fingerprint density at radius 2 is 2.13 bits per heavy atom. The number of nitrogens with one attached hydrogen (secondary N) is 2. The van der Waals surface area contributed by atoms with Crippen molar-refractivity contribution in [2.24, 2.45) is 5.16 Å². The SMILES string of the molecule is CC(C)(O/N=C(\C(=O)N[C@@H]1C(=O)N2C(C(=O)O)=C(SCSc3c[nH]nn3)CS[C@@H]12)c1csc(N)n1)C(=O)O. The van der Waals surface area contributed by atoms with E-state index in [0.717, 1.165) is 16.2 Å². The topological polar surface area (TPSA) is 226 Å². The largest absolute Gasteiger partial charge is 0.478 e. The van der Waals surface area contributed by atoms with Crippen LogP contribution in [0.15, 0.2) is 32.4 Å². The molecule has 0 bridgehead atoms. The van der Waals surface area contributed by atoms with Crippen molar-refractivity contribution in [3.8, 4) is 0 Å². The number of hydrogen-bond acceptors (Lipinski definition) is 14. The third kappa shape index (κ3) is 5.74. The number of anilines is 1. The summed E-state index contributed by atoms with van der Waals surface area (Å²) in [4.78, 5) is 60.3. The summed E-state index contributed by atoms with van der Waals surface area (Å²) in [6, 6.07) is -1.05. The molecule has 4 rings (SSSR count). The normalized spacial score (nSPS) is 19.6. The number of H-pyrrole nitrogens is 1. The van der Waals surface area contributed by atoms with E-state index in [4.69, 9.17) is 10.6 Å². The zero-order chi connectivity index (χ0) is 27.6. The van der Waals surface area contributed by atoms with Crippen molar-refractivity contribution in [2.75, 3.05) is 16.6 Å². The van der Waals surface area contributed by atoms with Crippen molar-refractivity contribution in [3.63, 3.8) is 0 Å². The number of thioether (sulfide) groups is 3. The highest BCUT2D eigenvalue weighted by atomic mass is 32.2. The number of carboxylic acid groups (broad SMARTS) is 2. The molecule has 15 nitrogen and oxygen atoms in total. The van der Waals surface area contributed by atoms with Gasteiger partial charge < -0.3 is 26.1 Å². The van der Waals surface area contributed by atoms with Gasteiger partial charge in [0.05, 0.1) is 11.3 Å². The number of nitrogens with two attached hydrogens (primary N) is 1. The quantitative estimate of drug-likeness (QED) is 0.0783. The molecule has 19 heteroatoms. The molecule has 0 spiro atoms. The van der Waals surface area contributed by atoms with Crippen LogP contribution in [0.1, 0.15) is 19.5 Å². The number of carboxylic acids is 2. The minimum atomic E-state index is -1.75. The first-order valence-corrected chi connectivity index (χ1v) is 14.4. The number of fused-ring (bicyclic) bond motifs is 1. The fraction of sp³-hybridized carbons (Fsp3) is 0.368. The molecule has 0 saturated carbocycles. The average molecular weight is 601 g/mol. The number of hydrogen-bond donors (Lipinski definition) is 5. The third-order valence-corrected chi connectivity index (χ3v) is 9.38. The molecule has 2 aromatic rings. The van der Waals surface area contributed by atoms with Gasteiger partial charge in [-0.3, -0.25) is 19.6 Å². The number of aromatic nitrogens is 4. The molecule has 2 aliphatic heterocycles. The maximum atomic E-state index is 13.1. The lowest BCUT2D eigenvalue weighted by Crippen LogP contribution is -2.71. The van der Waals surface area contributed by atoms with Crippen LogP contribution >= 0.6 is 46.6 Å². The van der Waals surface area contributed by atoms with E-state index in [-0.39, 0.29) is 22.2 Å². The van der Waals surface area contributed by atoms with Gasteiger partial charge in [-0.2, -0.15) is 0 Å². The Hall–Kier alpha value is -3.29. The lowest BCUT2D eigenvalue weighted by atomic mass is 10.0. The Balaban J connectivity index is 1.49. The number of β-lactam (4-membered cyclic amide) rings is 1. The van der Waals surface area contributed by atoms with Crippen LogP contribution in [0.4, 0.5) is 5.13 Å². The van der Waals surface area contributed by atoms with Crippen LogP contribution in [-0.4, -0.2) is 92.8 Å². The molecule has 4 heterocycles. The lowest BCUT2D eigenvalue weighted by Gasteiger charge is -2.49. The predicted molar refractivity (Wildman–Crippen MR) is 140 cm³/mol. The fourth-order valence-corrected chi connectivity index (χ4v) is 7.26. The second-order valence-electron chi connectivity index (χ2n) is 8.07. The van der Waals surface area contributed by atoms with Crippen molar-refractivity contribution in [1.29, 1.82) is 0 Å². The Labute approximate surface area is 231 Å². The zero-order valence-corrected chi connectivity index (χ0v) is 22.9. The molecule has 2 atom stereocenters. The van der Waals surface area contributed by atoms with Gasteiger partial charge in [0.25, 0.3) is 11.8 Å². The molecule has 38 heavy (non-hydrogen) atoms. The predicted octanol–water partition coefficient (Wildman–Crippen LogP) is 0.606. The van der Waals surface area contributed by atoms with E-state index >= 15 is 0 Å². The molecular formula is C19H20N8O7S4. The number of aliphatic carboxylic acids is 2. The number of oxime groups is 1. The summed E-state index contributed by atoms with van der Waals surface area (Å²) in [5.41, 5.74) is 3.42. The van der Waals surface area contributed by atoms with E-state index in [1.807, 2.05) is 0 Å². The Morgan fingerprint density at radius 1 is 1.37 bits per heavy atom. The van der Waals surface area contributed by atoms with Gasteiger partial charge in [-0.15, -0.1) is 40.0 Å². The van der Waals surface area contributed by atoms with E-state index in [1.54, 1.807) is 6.20 Å². The van der Waals surface area contributed by atoms with E-state index in [1.165, 1.54) is 54.5 Å².